The number of aromatic amines is 1. The maximum Gasteiger partial charge on any atom is 0.228 e. The van der Waals surface area contributed by atoms with Gasteiger partial charge in [0.15, 0.2) is 0 Å². The van der Waals surface area contributed by atoms with E-state index in [4.69, 9.17) is 0 Å². The molecule has 1 aromatic heterocycles. The predicted octanol–water partition coefficient (Wildman–Crippen LogP) is 4.95. The van der Waals surface area contributed by atoms with Gasteiger partial charge >= 0.3 is 0 Å². The molecule has 1 heterocycles. The highest BCUT2D eigenvalue weighted by atomic mass is 19.1. The van der Waals surface area contributed by atoms with Crippen LogP contribution in [-0.2, 0) is 11.2 Å². The molecule has 0 saturated carbocycles. The highest BCUT2D eigenvalue weighted by molar-refractivity contribution is 5.97. The normalized spacial score (nSPS) is 11.0. The Hall–Kier alpha value is -2.82. The van der Waals surface area contributed by atoms with E-state index in [1.54, 1.807) is 6.07 Å². The molecule has 0 aliphatic carbocycles. The second kappa shape index (κ2) is 7.82. The second-order valence-corrected chi connectivity index (χ2v) is 6.81. The fraction of sp³-hybridized carbons (Fsp3) is 0.318. The Labute approximate surface area is 159 Å². The van der Waals surface area contributed by atoms with E-state index in [2.05, 4.69) is 35.1 Å². The van der Waals surface area contributed by atoms with Crippen LogP contribution in [0.4, 0.5) is 15.8 Å². The Morgan fingerprint density at radius 1 is 1.11 bits per heavy atom. The molecule has 4 nitrogen and oxygen atoms in total. The quantitative estimate of drug-likeness (QED) is 0.647. The van der Waals surface area contributed by atoms with Crippen molar-refractivity contribution in [3.63, 3.8) is 0 Å². The van der Waals surface area contributed by atoms with Crippen molar-refractivity contribution in [2.24, 2.45) is 0 Å². The van der Waals surface area contributed by atoms with Gasteiger partial charge in [-0.1, -0.05) is 0 Å². The van der Waals surface area contributed by atoms with Crippen molar-refractivity contribution in [3.8, 4) is 0 Å². The van der Waals surface area contributed by atoms with Crippen LogP contribution in [0.3, 0.4) is 0 Å². The van der Waals surface area contributed by atoms with Gasteiger partial charge < -0.3 is 15.2 Å². The number of aryl methyl sites for hydroxylation is 2. The van der Waals surface area contributed by atoms with Crippen LogP contribution in [0.15, 0.2) is 36.4 Å². The number of carbonyl (C=O) groups is 1. The maximum absolute atomic E-state index is 13.6. The zero-order valence-corrected chi connectivity index (χ0v) is 16.3. The zero-order valence-electron chi connectivity index (χ0n) is 16.3. The monoisotopic (exact) mass is 367 g/mol. The minimum Gasteiger partial charge on any atom is -0.372 e. The van der Waals surface area contributed by atoms with Gasteiger partial charge in [-0.2, -0.15) is 0 Å². The Balaban J connectivity index is 1.79. The first-order chi connectivity index (χ1) is 12.9. The summed E-state index contributed by atoms with van der Waals surface area (Å²) in [7, 11) is 0. The molecule has 142 valence electrons. The van der Waals surface area contributed by atoms with Gasteiger partial charge in [-0.3, -0.25) is 4.79 Å². The summed E-state index contributed by atoms with van der Waals surface area (Å²) in [4.78, 5) is 18.1. The van der Waals surface area contributed by atoms with E-state index in [0.717, 1.165) is 52.2 Å². The van der Waals surface area contributed by atoms with Crippen molar-refractivity contribution in [2.45, 2.75) is 34.1 Å². The first kappa shape index (κ1) is 19.0. The van der Waals surface area contributed by atoms with E-state index in [1.165, 1.54) is 12.1 Å². The smallest absolute Gasteiger partial charge is 0.228 e. The van der Waals surface area contributed by atoms with Gasteiger partial charge in [0.1, 0.15) is 5.82 Å². The molecule has 0 aliphatic rings. The van der Waals surface area contributed by atoms with Crippen LogP contribution < -0.4 is 10.2 Å². The topological polar surface area (TPSA) is 48.1 Å². The van der Waals surface area contributed by atoms with Gasteiger partial charge in [-0.25, -0.2) is 4.39 Å². The van der Waals surface area contributed by atoms with Gasteiger partial charge in [0, 0.05) is 41.1 Å². The average Bonchev–Trinajstić information content (AvgIpc) is 2.93. The van der Waals surface area contributed by atoms with E-state index < -0.39 is 0 Å². The number of nitrogens with zero attached hydrogens (tertiary/aromatic N) is 1. The molecule has 0 saturated heterocycles. The van der Waals surface area contributed by atoms with Crippen LogP contribution in [0.25, 0.3) is 10.9 Å². The number of benzene rings is 2. The molecule has 2 aromatic carbocycles. The van der Waals surface area contributed by atoms with E-state index in [0.29, 0.717) is 0 Å². The molecule has 0 radical (unpaired) electrons. The molecular formula is C22H26FN3O. The van der Waals surface area contributed by atoms with E-state index in [1.807, 2.05) is 26.0 Å². The molecule has 3 rings (SSSR count). The molecular weight excluding hydrogens is 341 g/mol. The summed E-state index contributed by atoms with van der Waals surface area (Å²) in [5.74, 6) is -0.409. The lowest BCUT2D eigenvalue weighted by Gasteiger charge is -2.22. The van der Waals surface area contributed by atoms with Crippen molar-refractivity contribution >= 4 is 28.2 Å². The highest BCUT2D eigenvalue weighted by Crippen LogP contribution is 2.25. The Bertz CT molecular complexity index is 973. The van der Waals surface area contributed by atoms with Crippen LogP contribution in [0.2, 0.25) is 0 Å². The number of aromatic nitrogens is 1. The number of rotatable bonds is 6. The summed E-state index contributed by atoms with van der Waals surface area (Å²) < 4.78 is 13.6. The molecule has 0 aliphatic heterocycles. The molecule has 27 heavy (non-hydrogen) atoms. The maximum atomic E-state index is 13.6. The predicted molar refractivity (Wildman–Crippen MR) is 110 cm³/mol. The van der Waals surface area contributed by atoms with Gasteiger partial charge in [-0.05, 0) is 75.2 Å². The molecule has 0 bridgehead atoms. The molecule has 2 N–H and O–H groups in total. The Morgan fingerprint density at radius 2 is 1.85 bits per heavy atom. The number of nitrogens with one attached hydrogen (secondary N) is 2. The fourth-order valence-electron chi connectivity index (χ4n) is 3.51. The highest BCUT2D eigenvalue weighted by Gasteiger charge is 2.14. The van der Waals surface area contributed by atoms with Gasteiger partial charge in [0.25, 0.3) is 0 Å². The number of anilines is 2. The number of hydrogen-bond acceptors (Lipinski definition) is 2. The van der Waals surface area contributed by atoms with Crippen LogP contribution in [0.1, 0.15) is 30.7 Å². The van der Waals surface area contributed by atoms with E-state index >= 15 is 0 Å². The fourth-order valence-corrected chi connectivity index (χ4v) is 3.51. The SMILES string of the molecule is CCN(CC)c1ccc(NC(=O)Cc2c(C)[nH]c3ccc(F)cc23)c(C)c1. The Kier molecular flexibility index (Phi) is 5.49. The summed E-state index contributed by atoms with van der Waals surface area (Å²) in [5, 5.41) is 3.75. The van der Waals surface area contributed by atoms with Gasteiger partial charge in [-0.15, -0.1) is 0 Å². The lowest BCUT2D eigenvalue weighted by atomic mass is 10.1. The second-order valence-electron chi connectivity index (χ2n) is 6.81. The largest absolute Gasteiger partial charge is 0.372 e. The number of hydrogen-bond donors (Lipinski definition) is 2. The van der Waals surface area contributed by atoms with Crippen LogP contribution in [0.5, 0.6) is 0 Å². The molecule has 0 fully saturated rings. The van der Waals surface area contributed by atoms with E-state index in [-0.39, 0.29) is 18.1 Å². The van der Waals surface area contributed by atoms with Crippen LogP contribution in [0, 0.1) is 19.7 Å². The average molecular weight is 367 g/mol. The molecule has 3 aromatic rings. The van der Waals surface area contributed by atoms with Crippen LogP contribution >= 0.6 is 0 Å². The minimum absolute atomic E-state index is 0.109. The lowest BCUT2D eigenvalue weighted by molar-refractivity contribution is -0.115. The standard InChI is InChI=1S/C22H26FN3O/c1-5-26(6-2)17-8-10-20(14(3)11-17)25-22(27)13-18-15(4)24-21-9-7-16(23)12-19(18)21/h7-12,24H,5-6,13H2,1-4H3,(H,25,27). The first-order valence-corrected chi connectivity index (χ1v) is 9.35. The summed E-state index contributed by atoms with van der Waals surface area (Å²) in [6.45, 7) is 10.0. The van der Waals surface area contributed by atoms with Crippen LogP contribution in [-0.4, -0.2) is 24.0 Å². The van der Waals surface area contributed by atoms with E-state index in [9.17, 15) is 9.18 Å². The molecule has 0 unspecified atom stereocenters. The number of fused-ring (bicyclic) bond motifs is 1. The number of carbonyl (C=O) groups excluding carboxylic acids is 1. The van der Waals surface area contributed by atoms with Gasteiger partial charge in [0.2, 0.25) is 5.91 Å². The lowest BCUT2D eigenvalue weighted by Crippen LogP contribution is -2.22. The van der Waals surface area contributed by atoms with Crippen molar-refractivity contribution in [1.82, 2.24) is 4.98 Å². The van der Waals surface area contributed by atoms with Crippen molar-refractivity contribution < 1.29 is 9.18 Å². The third-order valence-corrected chi connectivity index (χ3v) is 5.03. The molecule has 0 spiro atoms. The Morgan fingerprint density at radius 3 is 2.52 bits per heavy atom. The molecule has 0 atom stereocenters. The summed E-state index contributed by atoms with van der Waals surface area (Å²) in [5.41, 5.74) is 5.54. The minimum atomic E-state index is -0.300. The molecule has 1 amide bonds. The first-order valence-electron chi connectivity index (χ1n) is 9.35. The summed E-state index contributed by atoms with van der Waals surface area (Å²) in [6, 6.07) is 10.7. The summed E-state index contributed by atoms with van der Waals surface area (Å²) >= 11 is 0. The third kappa shape index (κ3) is 3.97. The zero-order chi connectivity index (χ0) is 19.6. The summed E-state index contributed by atoms with van der Waals surface area (Å²) in [6.07, 6.45) is 0.201. The molecule has 5 heteroatoms. The van der Waals surface area contributed by atoms with Crippen molar-refractivity contribution in [3.05, 3.63) is 59.0 Å². The number of amides is 1. The van der Waals surface area contributed by atoms with Crippen molar-refractivity contribution in [1.29, 1.82) is 0 Å². The third-order valence-electron chi connectivity index (χ3n) is 5.03. The number of halogens is 1. The van der Waals surface area contributed by atoms with Crippen molar-refractivity contribution in [2.75, 3.05) is 23.3 Å². The van der Waals surface area contributed by atoms with Gasteiger partial charge in [0.05, 0.1) is 6.42 Å². The number of H-pyrrole nitrogens is 1.